The zero-order chi connectivity index (χ0) is 23.5. The highest BCUT2D eigenvalue weighted by Gasteiger charge is 2.41. The van der Waals surface area contributed by atoms with Crippen molar-refractivity contribution in [2.24, 2.45) is 0 Å². The van der Waals surface area contributed by atoms with Crippen molar-refractivity contribution in [2.75, 3.05) is 13.2 Å². The first-order chi connectivity index (χ1) is 14.1. The Bertz CT molecular complexity index is 639. The minimum Gasteiger partial charge on any atom is -0.415 e. The van der Waals surface area contributed by atoms with Gasteiger partial charge in [-0.3, -0.25) is 4.90 Å². The fourth-order valence-corrected chi connectivity index (χ4v) is 5.76. The molecule has 1 aromatic carbocycles. The van der Waals surface area contributed by atoms with Crippen LogP contribution in [0.2, 0.25) is 36.3 Å². The molecule has 0 aromatic heterocycles. The Morgan fingerprint density at radius 2 is 1.19 bits per heavy atom. The maximum atomic E-state index is 6.71. The molecule has 31 heavy (non-hydrogen) atoms. The summed E-state index contributed by atoms with van der Waals surface area (Å²) >= 11 is 0. The number of hydrogen-bond donors (Lipinski definition) is 0. The van der Waals surface area contributed by atoms with Gasteiger partial charge >= 0.3 is 0 Å². The number of benzene rings is 1. The van der Waals surface area contributed by atoms with E-state index in [1.165, 1.54) is 24.8 Å². The normalized spacial score (nSPS) is 22.0. The van der Waals surface area contributed by atoms with Crippen LogP contribution in [-0.2, 0) is 15.4 Å². The Hall–Kier alpha value is -0.466. The predicted octanol–water partition coefficient (Wildman–Crippen LogP) is 7.45. The van der Waals surface area contributed by atoms with Crippen molar-refractivity contribution in [3.8, 4) is 0 Å². The van der Waals surface area contributed by atoms with Crippen molar-refractivity contribution in [1.29, 1.82) is 0 Å². The third-order valence-electron chi connectivity index (χ3n) is 8.11. The van der Waals surface area contributed by atoms with Gasteiger partial charge in [-0.2, -0.15) is 0 Å². The number of hydrogen-bond acceptors (Lipinski definition) is 3. The van der Waals surface area contributed by atoms with Gasteiger partial charge < -0.3 is 8.85 Å². The fourth-order valence-electron chi connectivity index (χ4n) is 3.67. The second-order valence-corrected chi connectivity index (χ2v) is 22.2. The number of piperidine rings is 1. The van der Waals surface area contributed by atoms with E-state index in [-0.39, 0.29) is 10.1 Å². The van der Waals surface area contributed by atoms with Gasteiger partial charge in [-0.05, 0) is 54.7 Å². The van der Waals surface area contributed by atoms with Gasteiger partial charge in [0, 0.05) is 31.8 Å². The van der Waals surface area contributed by atoms with Gasteiger partial charge in [0.2, 0.25) is 0 Å². The van der Waals surface area contributed by atoms with Crippen LogP contribution >= 0.6 is 0 Å². The highest BCUT2D eigenvalue weighted by atomic mass is 28.4. The van der Waals surface area contributed by atoms with Crippen molar-refractivity contribution in [2.45, 2.75) is 116 Å². The lowest BCUT2D eigenvalue weighted by Crippen LogP contribution is -2.54. The van der Waals surface area contributed by atoms with Crippen LogP contribution in [-0.4, -0.2) is 46.8 Å². The molecule has 0 N–H and O–H groups in total. The average molecular weight is 464 g/mol. The molecule has 1 fully saturated rings. The highest BCUT2D eigenvalue weighted by molar-refractivity contribution is 6.74. The molecule has 1 aliphatic heterocycles. The molecule has 0 aliphatic carbocycles. The summed E-state index contributed by atoms with van der Waals surface area (Å²) in [7, 11) is -3.51. The number of likely N-dealkylation sites (tertiary alicyclic amines) is 1. The van der Waals surface area contributed by atoms with Gasteiger partial charge in [0.15, 0.2) is 16.6 Å². The van der Waals surface area contributed by atoms with E-state index in [1.807, 2.05) is 0 Å². The first-order valence-electron chi connectivity index (χ1n) is 12.2. The molecule has 1 heterocycles. The van der Waals surface area contributed by atoms with E-state index in [1.54, 1.807) is 0 Å². The zero-order valence-corrected chi connectivity index (χ0v) is 24.0. The van der Waals surface area contributed by atoms with Crippen LogP contribution in [0.5, 0.6) is 0 Å². The van der Waals surface area contributed by atoms with E-state index in [9.17, 15) is 0 Å². The van der Waals surface area contributed by atoms with Crippen LogP contribution in [0.15, 0.2) is 30.3 Å². The van der Waals surface area contributed by atoms with Crippen molar-refractivity contribution >= 4 is 16.6 Å². The van der Waals surface area contributed by atoms with Crippen molar-refractivity contribution in [1.82, 2.24) is 4.90 Å². The van der Waals surface area contributed by atoms with Crippen molar-refractivity contribution < 1.29 is 8.85 Å². The van der Waals surface area contributed by atoms with Gasteiger partial charge in [0.05, 0.1) is 0 Å². The third-order valence-corrected chi connectivity index (χ3v) is 17.1. The standard InChI is InChI=1S/C26H49NO2Si2/c1-25(2,3)30(7,8)28-20-23-17-14-18-24(21-29-31(9,10)26(4,5)6)27(23)19-22-15-12-11-13-16-22/h11-13,15-16,23-24H,14,17-21H2,1-10H3/t23-,24-/m1/s1. The van der Waals surface area contributed by atoms with Crippen molar-refractivity contribution in [3.05, 3.63) is 35.9 Å². The summed E-state index contributed by atoms with van der Waals surface area (Å²) in [6.45, 7) is 26.1. The molecule has 5 heteroatoms. The first kappa shape index (κ1) is 26.8. The molecule has 2 rings (SSSR count). The molecule has 1 saturated heterocycles. The molecule has 1 aromatic rings. The summed E-state index contributed by atoms with van der Waals surface area (Å²) in [5, 5.41) is 0.494. The minimum absolute atomic E-state index is 0.247. The van der Waals surface area contributed by atoms with Gasteiger partial charge in [0.1, 0.15) is 0 Å². The highest BCUT2D eigenvalue weighted by Crippen LogP contribution is 2.39. The number of rotatable bonds is 8. The summed E-state index contributed by atoms with van der Waals surface area (Å²) < 4.78 is 13.4. The Kier molecular flexibility index (Phi) is 8.82. The summed E-state index contributed by atoms with van der Waals surface area (Å²) in [5.74, 6) is 0. The van der Waals surface area contributed by atoms with Crippen LogP contribution in [0.1, 0.15) is 66.4 Å². The maximum Gasteiger partial charge on any atom is 0.192 e. The Balaban J connectivity index is 2.17. The second kappa shape index (κ2) is 10.2. The fraction of sp³-hybridized carbons (Fsp3) is 0.769. The van der Waals surface area contributed by atoms with Gasteiger partial charge in [-0.1, -0.05) is 78.3 Å². The predicted molar refractivity (Wildman–Crippen MR) is 140 cm³/mol. The maximum absolute atomic E-state index is 6.71. The van der Waals surface area contributed by atoms with E-state index in [0.717, 1.165) is 19.8 Å². The summed E-state index contributed by atoms with van der Waals surface area (Å²) in [5.41, 5.74) is 1.39. The molecule has 0 saturated carbocycles. The lowest BCUT2D eigenvalue weighted by atomic mass is 9.95. The summed E-state index contributed by atoms with van der Waals surface area (Å²) in [6, 6.07) is 11.9. The molecule has 2 atom stereocenters. The van der Waals surface area contributed by atoms with Crippen LogP contribution < -0.4 is 0 Å². The van der Waals surface area contributed by atoms with Crippen LogP contribution in [0.25, 0.3) is 0 Å². The smallest absolute Gasteiger partial charge is 0.192 e. The van der Waals surface area contributed by atoms with Crippen molar-refractivity contribution in [3.63, 3.8) is 0 Å². The molecule has 3 nitrogen and oxygen atoms in total. The zero-order valence-electron chi connectivity index (χ0n) is 22.0. The molecule has 0 radical (unpaired) electrons. The summed E-state index contributed by atoms with van der Waals surface area (Å²) in [4.78, 5) is 2.71. The Morgan fingerprint density at radius 1 is 0.774 bits per heavy atom. The third kappa shape index (κ3) is 7.26. The van der Waals surface area contributed by atoms with Crippen LogP contribution in [0.3, 0.4) is 0 Å². The monoisotopic (exact) mass is 463 g/mol. The molecular formula is C26H49NO2Si2. The molecule has 0 spiro atoms. The lowest BCUT2D eigenvalue weighted by Gasteiger charge is -2.46. The Labute approximate surface area is 195 Å². The summed E-state index contributed by atoms with van der Waals surface area (Å²) in [6.07, 6.45) is 3.71. The molecule has 0 amide bonds. The van der Waals surface area contributed by atoms with Crippen LogP contribution in [0.4, 0.5) is 0 Å². The Morgan fingerprint density at radius 3 is 1.58 bits per heavy atom. The van der Waals surface area contributed by atoms with Crippen LogP contribution in [0, 0.1) is 0 Å². The quantitative estimate of drug-likeness (QED) is 0.374. The van der Waals surface area contributed by atoms with Gasteiger partial charge in [-0.15, -0.1) is 0 Å². The van der Waals surface area contributed by atoms with E-state index in [4.69, 9.17) is 8.85 Å². The molecule has 0 bridgehead atoms. The largest absolute Gasteiger partial charge is 0.415 e. The van der Waals surface area contributed by atoms with E-state index in [2.05, 4.69) is 103 Å². The van der Waals surface area contributed by atoms with Gasteiger partial charge in [-0.25, -0.2) is 0 Å². The molecule has 0 unspecified atom stereocenters. The average Bonchev–Trinajstić information content (AvgIpc) is 2.65. The molecular weight excluding hydrogens is 414 g/mol. The SMILES string of the molecule is CC(C)(C)[Si](C)(C)OC[C@H]1CCC[C@H](CO[Si](C)(C)C(C)(C)C)N1Cc1ccccc1. The van der Waals surface area contributed by atoms with E-state index >= 15 is 0 Å². The van der Waals surface area contributed by atoms with E-state index < -0.39 is 16.6 Å². The first-order valence-corrected chi connectivity index (χ1v) is 18.0. The lowest BCUT2D eigenvalue weighted by molar-refractivity contribution is 0.0168. The van der Waals surface area contributed by atoms with Gasteiger partial charge in [0.25, 0.3) is 0 Å². The van der Waals surface area contributed by atoms with E-state index in [0.29, 0.717) is 12.1 Å². The molecule has 1 aliphatic rings. The number of nitrogens with zero attached hydrogens (tertiary/aromatic N) is 1. The molecule has 178 valence electrons. The minimum atomic E-state index is -1.76. The topological polar surface area (TPSA) is 21.7 Å². The second-order valence-electron chi connectivity index (χ2n) is 12.5.